The number of hydrogen-bond donors (Lipinski definition) is 1. The maximum atomic E-state index is 13.1. The van der Waals surface area contributed by atoms with Crippen LogP contribution in [0.3, 0.4) is 0 Å². The number of esters is 3. The smallest absolute Gasteiger partial charge is 0.323 e. The summed E-state index contributed by atoms with van der Waals surface area (Å²) in [6.07, 6.45) is -0.440. The van der Waals surface area contributed by atoms with Crippen LogP contribution < -0.4 is 4.87 Å². The lowest BCUT2D eigenvalue weighted by molar-refractivity contribution is -0.159. The first kappa shape index (κ1) is 22.6. The number of fused-ring (bicyclic) bond motifs is 1. The van der Waals surface area contributed by atoms with E-state index in [0.717, 1.165) is 27.6 Å². The summed E-state index contributed by atoms with van der Waals surface area (Å²) in [6.45, 7) is 0. The fourth-order valence-electron chi connectivity index (χ4n) is 3.59. The van der Waals surface area contributed by atoms with Gasteiger partial charge in [0.1, 0.15) is 4.75 Å². The van der Waals surface area contributed by atoms with Crippen LogP contribution in [0.2, 0.25) is 0 Å². The first-order chi connectivity index (χ1) is 14.3. The van der Waals surface area contributed by atoms with Crippen LogP contribution in [-0.4, -0.2) is 49.0 Å². The molecule has 2 aromatic rings. The van der Waals surface area contributed by atoms with E-state index in [4.69, 9.17) is 14.2 Å². The minimum absolute atomic E-state index is 0.336. The lowest BCUT2D eigenvalue weighted by Gasteiger charge is -2.42. The van der Waals surface area contributed by atoms with Gasteiger partial charge in [-0.25, -0.2) is 0 Å². The normalized spacial score (nSPS) is 22.7. The van der Waals surface area contributed by atoms with Crippen LogP contribution in [0.15, 0.2) is 38.6 Å². The van der Waals surface area contributed by atoms with Gasteiger partial charge >= 0.3 is 22.8 Å². The van der Waals surface area contributed by atoms with E-state index in [9.17, 15) is 19.2 Å². The molecule has 0 saturated heterocycles. The molecule has 1 aromatic heterocycles. The fourth-order valence-corrected chi connectivity index (χ4v) is 6.51. The number of aromatic nitrogens is 1. The van der Waals surface area contributed by atoms with Gasteiger partial charge in [-0.05, 0) is 17.7 Å². The van der Waals surface area contributed by atoms with E-state index in [0.29, 0.717) is 15.5 Å². The summed E-state index contributed by atoms with van der Waals surface area (Å²) in [5, 5.41) is 0.410. The molecule has 2 heterocycles. The Balaban J connectivity index is 2.33. The number of hydrogen-bond acceptors (Lipinski definition) is 9. The Kier molecular flexibility index (Phi) is 6.73. The molecular weight excluding hydrogens is 498 g/mol. The molecule has 0 aliphatic carbocycles. The van der Waals surface area contributed by atoms with Crippen molar-refractivity contribution in [3.05, 3.63) is 48.8 Å². The third-order valence-corrected chi connectivity index (χ3v) is 7.97. The largest absolute Gasteiger partial charge is 0.469 e. The fraction of sp³-hybridized carbons (Fsp3) is 0.368. The zero-order valence-electron chi connectivity index (χ0n) is 16.2. The zero-order chi connectivity index (χ0) is 22.1. The van der Waals surface area contributed by atoms with E-state index in [1.54, 1.807) is 24.3 Å². The molecule has 0 amide bonds. The second-order valence-corrected chi connectivity index (χ2v) is 9.75. The Labute approximate surface area is 188 Å². The van der Waals surface area contributed by atoms with Gasteiger partial charge in [-0.2, -0.15) is 0 Å². The number of aromatic amines is 1. The molecule has 1 aliphatic heterocycles. The molecule has 0 fully saturated rings. The second-order valence-electron chi connectivity index (χ2n) is 6.47. The van der Waals surface area contributed by atoms with Gasteiger partial charge in [0.05, 0.1) is 38.7 Å². The molecule has 8 nitrogen and oxygen atoms in total. The van der Waals surface area contributed by atoms with E-state index in [-0.39, 0.29) is 4.87 Å². The highest BCUT2D eigenvalue weighted by Crippen LogP contribution is 2.57. The van der Waals surface area contributed by atoms with Crippen LogP contribution in [0.25, 0.3) is 0 Å². The Bertz CT molecular complexity index is 1030. The number of benzene rings is 1. The number of halogens is 1. The number of thioether (sulfide) groups is 1. The van der Waals surface area contributed by atoms with Crippen molar-refractivity contribution in [2.24, 2.45) is 5.92 Å². The van der Waals surface area contributed by atoms with Crippen LogP contribution in [0, 0.1) is 5.92 Å². The lowest BCUT2D eigenvalue weighted by Crippen LogP contribution is -2.53. The van der Waals surface area contributed by atoms with Gasteiger partial charge < -0.3 is 19.2 Å². The molecule has 11 heteroatoms. The van der Waals surface area contributed by atoms with Gasteiger partial charge in [-0.1, -0.05) is 51.2 Å². The van der Waals surface area contributed by atoms with E-state index < -0.39 is 40.9 Å². The van der Waals surface area contributed by atoms with E-state index >= 15 is 0 Å². The first-order valence-corrected chi connectivity index (χ1v) is 11.1. The van der Waals surface area contributed by atoms with Crippen LogP contribution >= 0.6 is 39.0 Å². The highest BCUT2D eigenvalue weighted by molar-refractivity contribution is 9.10. The number of thiazole rings is 1. The molecule has 1 N–H and O–H groups in total. The van der Waals surface area contributed by atoms with Crippen molar-refractivity contribution >= 4 is 56.9 Å². The number of rotatable bonds is 5. The van der Waals surface area contributed by atoms with Crippen molar-refractivity contribution in [3.8, 4) is 0 Å². The maximum absolute atomic E-state index is 13.1. The Morgan fingerprint density at radius 1 is 1.10 bits per heavy atom. The number of nitrogens with one attached hydrogen (secondary N) is 1. The highest BCUT2D eigenvalue weighted by atomic mass is 79.9. The van der Waals surface area contributed by atoms with Gasteiger partial charge in [0.15, 0.2) is 0 Å². The molecule has 0 saturated carbocycles. The van der Waals surface area contributed by atoms with Gasteiger partial charge in [0, 0.05) is 15.3 Å². The summed E-state index contributed by atoms with van der Waals surface area (Å²) in [6, 6.07) is 7.16. The van der Waals surface area contributed by atoms with Crippen molar-refractivity contribution in [2.75, 3.05) is 21.3 Å². The quantitative estimate of drug-likeness (QED) is 0.477. The topological polar surface area (TPSA) is 112 Å². The molecule has 0 bridgehead atoms. The Morgan fingerprint density at radius 2 is 1.77 bits per heavy atom. The van der Waals surface area contributed by atoms with Crippen molar-refractivity contribution < 1.29 is 28.6 Å². The van der Waals surface area contributed by atoms with Gasteiger partial charge in [0.2, 0.25) is 0 Å². The summed E-state index contributed by atoms with van der Waals surface area (Å²) in [7, 11) is 3.58. The number of carbonyl (C=O) groups excluding carboxylic acids is 3. The molecule has 30 heavy (non-hydrogen) atoms. The minimum Gasteiger partial charge on any atom is -0.469 e. The molecule has 3 rings (SSSR count). The predicted octanol–water partition coefficient (Wildman–Crippen LogP) is 2.70. The van der Waals surface area contributed by atoms with E-state index in [1.165, 1.54) is 21.3 Å². The molecule has 1 aliphatic rings. The monoisotopic (exact) mass is 515 g/mol. The molecule has 0 radical (unpaired) electrons. The minimum atomic E-state index is -1.69. The van der Waals surface area contributed by atoms with Crippen LogP contribution in [0.1, 0.15) is 22.8 Å². The SMILES string of the molecule is COC(=O)C[C@@]1(C(=O)OC)Sc2[nH]c(=O)sc2[C@H](c2ccc(Br)cc2)[C@H]1C(=O)OC. The maximum Gasteiger partial charge on any atom is 0.323 e. The predicted molar refractivity (Wildman–Crippen MR) is 114 cm³/mol. The summed E-state index contributed by atoms with van der Waals surface area (Å²) >= 11 is 5.26. The molecule has 3 atom stereocenters. The van der Waals surface area contributed by atoms with Crippen LogP contribution in [0.5, 0.6) is 0 Å². The van der Waals surface area contributed by atoms with Crippen LogP contribution in [0.4, 0.5) is 0 Å². The average Bonchev–Trinajstić information content (AvgIpc) is 3.11. The molecule has 0 unspecified atom stereocenters. The third-order valence-electron chi connectivity index (χ3n) is 4.89. The molecule has 0 spiro atoms. The number of H-pyrrole nitrogens is 1. The highest BCUT2D eigenvalue weighted by Gasteiger charge is 2.61. The summed E-state index contributed by atoms with van der Waals surface area (Å²) in [5.74, 6) is -4.03. The van der Waals surface area contributed by atoms with Crippen molar-refractivity contribution in [1.29, 1.82) is 0 Å². The Morgan fingerprint density at radius 3 is 2.33 bits per heavy atom. The number of methoxy groups -OCH3 is 3. The van der Waals surface area contributed by atoms with Gasteiger partial charge in [-0.15, -0.1) is 0 Å². The lowest BCUT2D eigenvalue weighted by atomic mass is 9.74. The Hall–Kier alpha value is -2.11. The number of ether oxygens (including phenoxy) is 3. The summed E-state index contributed by atoms with van der Waals surface area (Å²) in [4.78, 5) is 53.6. The summed E-state index contributed by atoms with van der Waals surface area (Å²) < 4.78 is 14.0. The van der Waals surface area contributed by atoms with Crippen molar-refractivity contribution in [2.45, 2.75) is 22.1 Å². The third kappa shape index (κ3) is 3.93. The van der Waals surface area contributed by atoms with E-state index in [1.807, 2.05) is 0 Å². The number of carbonyl (C=O) groups is 3. The van der Waals surface area contributed by atoms with E-state index in [2.05, 4.69) is 20.9 Å². The van der Waals surface area contributed by atoms with Crippen LogP contribution in [-0.2, 0) is 28.6 Å². The summed E-state index contributed by atoms with van der Waals surface area (Å²) in [5.41, 5.74) is 0.684. The van der Waals surface area contributed by atoms with Crippen molar-refractivity contribution in [3.63, 3.8) is 0 Å². The van der Waals surface area contributed by atoms with Gasteiger partial charge in [0.25, 0.3) is 0 Å². The zero-order valence-corrected chi connectivity index (χ0v) is 19.4. The van der Waals surface area contributed by atoms with Gasteiger partial charge in [-0.3, -0.25) is 19.2 Å². The first-order valence-electron chi connectivity index (χ1n) is 8.68. The molecule has 1 aromatic carbocycles. The second kappa shape index (κ2) is 8.94. The van der Waals surface area contributed by atoms with Crippen molar-refractivity contribution in [1.82, 2.24) is 4.98 Å². The molecule has 160 valence electrons. The average molecular weight is 516 g/mol. The molecular formula is C19H18BrNO7S2. The standard InChI is InChI=1S/C19H18BrNO7S2/c1-26-11(22)8-19(17(24)28-3)13(16(23)27-2)12(9-4-6-10(20)7-5-9)14-15(30-19)21-18(25)29-14/h4-7,12-13H,8H2,1-3H3,(H,21,25)/t12-,13+,19-/m1/s1.